The number of para-hydroxylation sites is 1. The first-order valence-electron chi connectivity index (χ1n) is 10.7. The second kappa shape index (κ2) is 7.14. The molecule has 4 heterocycles. The van der Waals surface area contributed by atoms with E-state index in [1.54, 1.807) is 12.1 Å². The Labute approximate surface area is 199 Å². The molecule has 0 saturated carbocycles. The summed E-state index contributed by atoms with van der Waals surface area (Å²) < 4.78 is 0. The fraction of sp³-hybridized carbons (Fsp3) is 0.192. The number of halogens is 1. The van der Waals surface area contributed by atoms with Gasteiger partial charge in [-0.2, -0.15) is 0 Å². The first-order chi connectivity index (χ1) is 15.9. The first-order valence-corrected chi connectivity index (χ1v) is 12.0. The van der Waals surface area contributed by atoms with Crippen molar-refractivity contribution in [3.63, 3.8) is 0 Å². The highest BCUT2D eigenvalue weighted by molar-refractivity contribution is 7.12. The van der Waals surface area contributed by atoms with Gasteiger partial charge in [0.25, 0.3) is 0 Å². The molecule has 0 bridgehead atoms. The third-order valence-electron chi connectivity index (χ3n) is 7.06. The molecule has 0 radical (unpaired) electrons. The van der Waals surface area contributed by atoms with Gasteiger partial charge in [-0.05, 0) is 53.8 Å². The van der Waals surface area contributed by atoms with E-state index in [4.69, 9.17) is 11.6 Å². The normalized spacial score (nSPS) is 26.7. The Kier molecular flexibility index (Phi) is 4.41. The van der Waals surface area contributed by atoms with Gasteiger partial charge in [0, 0.05) is 16.4 Å². The molecular formula is C26H19ClN2O3S. The van der Waals surface area contributed by atoms with E-state index < -0.39 is 23.4 Å². The second-order valence-electron chi connectivity index (χ2n) is 8.66. The molecule has 1 saturated heterocycles. The lowest BCUT2D eigenvalue weighted by Crippen LogP contribution is -2.51. The smallest absolute Gasteiger partial charge is 0.238 e. The highest BCUT2D eigenvalue weighted by atomic mass is 35.5. The number of amides is 1. The Morgan fingerprint density at radius 2 is 1.94 bits per heavy atom. The molecule has 0 aliphatic carbocycles. The summed E-state index contributed by atoms with van der Waals surface area (Å²) >= 11 is 7.57. The second-order valence-corrected chi connectivity index (χ2v) is 10.0. The number of hydrogen-bond donors (Lipinski definition) is 1. The number of anilines is 2. The Bertz CT molecular complexity index is 1370. The first kappa shape index (κ1) is 20.4. The highest BCUT2D eigenvalue weighted by Crippen LogP contribution is 2.58. The van der Waals surface area contributed by atoms with Crippen LogP contribution in [0, 0.1) is 5.92 Å². The van der Waals surface area contributed by atoms with Crippen molar-refractivity contribution < 1.29 is 14.4 Å². The predicted molar refractivity (Wildman–Crippen MR) is 130 cm³/mol. The molecule has 1 spiro atoms. The minimum atomic E-state index is -1.23. The number of ketones is 2. The molecule has 164 valence electrons. The van der Waals surface area contributed by atoms with Crippen molar-refractivity contribution in [3.8, 4) is 0 Å². The largest absolute Gasteiger partial charge is 0.352 e. The zero-order chi connectivity index (χ0) is 22.9. The molecule has 1 amide bonds. The summed E-state index contributed by atoms with van der Waals surface area (Å²) in [6.45, 7) is 1.50. The van der Waals surface area contributed by atoms with E-state index in [1.807, 2.05) is 64.9 Å². The van der Waals surface area contributed by atoms with Gasteiger partial charge in [-0.25, -0.2) is 0 Å². The number of thiophene rings is 1. The zero-order valence-corrected chi connectivity index (χ0v) is 19.2. The van der Waals surface area contributed by atoms with Crippen LogP contribution in [0.5, 0.6) is 0 Å². The molecule has 3 aromatic rings. The van der Waals surface area contributed by atoms with E-state index in [-0.39, 0.29) is 17.5 Å². The van der Waals surface area contributed by atoms with Crippen molar-refractivity contribution in [2.24, 2.45) is 5.92 Å². The summed E-state index contributed by atoms with van der Waals surface area (Å²) in [5.41, 5.74) is 1.86. The number of rotatable bonds is 3. The summed E-state index contributed by atoms with van der Waals surface area (Å²) in [5.74, 6) is -1.47. The number of hydrogen-bond acceptors (Lipinski definition) is 5. The van der Waals surface area contributed by atoms with Crippen LogP contribution in [0.15, 0.2) is 66.1 Å². The van der Waals surface area contributed by atoms with E-state index in [1.165, 1.54) is 18.3 Å². The van der Waals surface area contributed by atoms with Crippen molar-refractivity contribution >= 4 is 57.9 Å². The van der Waals surface area contributed by atoms with Gasteiger partial charge >= 0.3 is 0 Å². The Morgan fingerprint density at radius 3 is 2.70 bits per heavy atom. The van der Waals surface area contributed by atoms with Crippen molar-refractivity contribution in [1.29, 1.82) is 0 Å². The lowest BCUT2D eigenvalue weighted by Gasteiger charge is -2.37. The van der Waals surface area contributed by atoms with Crippen LogP contribution in [0.4, 0.5) is 11.4 Å². The molecule has 33 heavy (non-hydrogen) atoms. The number of nitrogens with zero attached hydrogens (tertiary/aromatic N) is 1. The molecule has 3 aliphatic heterocycles. The summed E-state index contributed by atoms with van der Waals surface area (Å²) in [5, 5.41) is 5.43. The van der Waals surface area contributed by atoms with Gasteiger partial charge in [-0.15, -0.1) is 11.3 Å². The standard InChI is InChI=1S/C26H19ClN2O3S/c1-14(30)23-22(24(31)20-7-4-12-33-20)26(17-5-2-3-6-18(17)28-25(26)32)21-11-8-15-13-16(27)9-10-19(15)29(21)23/h2-13,21-23H,1H3,(H,28,32)/t21-,22-,23-,26-/m1/s1. The molecule has 1 fully saturated rings. The minimum Gasteiger partial charge on any atom is -0.352 e. The van der Waals surface area contributed by atoms with Gasteiger partial charge < -0.3 is 10.2 Å². The van der Waals surface area contributed by atoms with E-state index in [9.17, 15) is 14.4 Å². The average Bonchev–Trinajstić information content (AvgIpc) is 3.50. The van der Waals surface area contributed by atoms with Crippen LogP contribution in [0.1, 0.15) is 27.7 Å². The molecule has 0 unspecified atom stereocenters. The Balaban J connectivity index is 1.67. The average molecular weight is 475 g/mol. The SMILES string of the molecule is CC(=O)[C@@H]1[C@H](C(=O)c2cccs2)[C@]2(C(=O)Nc3ccccc32)[C@H]2C=Cc3cc(Cl)ccc3N12. The van der Waals surface area contributed by atoms with Gasteiger partial charge in [-0.3, -0.25) is 14.4 Å². The van der Waals surface area contributed by atoms with Crippen molar-refractivity contribution in [1.82, 2.24) is 0 Å². The molecule has 1 aromatic heterocycles. The molecule has 7 heteroatoms. The zero-order valence-electron chi connectivity index (χ0n) is 17.6. The van der Waals surface area contributed by atoms with E-state index in [0.717, 1.165) is 16.8 Å². The molecule has 2 aromatic carbocycles. The fourth-order valence-electron chi connectivity index (χ4n) is 5.88. The molecule has 5 nitrogen and oxygen atoms in total. The van der Waals surface area contributed by atoms with E-state index in [2.05, 4.69) is 5.32 Å². The van der Waals surface area contributed by atoms with Gasteiger partial charge in [0.1, 0.15) is 5.41 Å². The molecule has 3 aliphatic rings. The number of nitrogens with one attached hydrogen (secondary N) is 1. The van der Waals surface area contributed by atoms with Crippen molar-refractivity contribution in [3.05, 3.63) is 87.1 Å². The number of benzene rings is 2. The maximum Gasteiger partial charge on any atom is 0.238 e. The number of Topliss-reactive ketones (excluding diaryl/α,β-unsaturated/α-hetero) is 2. The minimum absolute atomic E-state index is 0.153. The molecule has 6 rings (SSSR count). The molecule has 4 atom stereocenters. The molecule has 1 N–H and O–H groups in total. The fourth-order valence-corrected chi connectivity index (χ4v) is 6.76. The third kappa shape index (κ3) is 2.62. The monoisotopic (exact) mass is 474 g/mol. The Morgan fingerprint density at radius 1 is 1.12 bits per heavy atom. The van der Waals surface area contributed by atoms with Crippen LogP contribution >= 0.6 is 22.9 Å². The van der Waals surface area contributed by atoms with Crippen LogP contribution in [0.3, 0.4) is 0 Å². The number of carbonyl (C=O) groups is 3. The van der Waals surface area contributed by atoms with Crippen molar-refractivity contribution in [2.75, 3.05) is 10.2 Å². The van der Waals surface area contributed by atoms with E-state index >= 15 is 0 Å². The van der Waals surface area contributed by atoms with Gasteiger partial charge in [0.2, 0.25) is 5.91 Å². The van der Waals surface area contributed by atoms with Crippen LogP contribution in [0.25, 0.3) is 6.08 Å². The van der Waals surface area contributed by atoms with Crippen LogP contribution in [0.2, 0.25) is 5.02 Å². The number of carbonyl (C=O) groups excluding carboxylic acids is 3. The van der Waals surface area contributed by atoms with Gasteiger partial charge in [-0.1, -0.05) is 48.0 Å². The lowest BCUT2D eigenvalue weighted by atomic mass is 9.65. The highest BCUT2D eigenvalue weighted by Gasteiger charge is 2.69. The Hall–Kier alpha value is -3.22. The summed E-state index contributed by atoms with van der Waals surface area (Å²) in [7, 11) is 0. The number of fused-ring (bicyclic) bond motifs is 6. The van der Waals surface area contributed by atoms with Gasteiger partial charge in [0.05, 0.1) is 22.9 Å². The third-order valence-corrected chi connectivity index (χ3v) is 8.18. The summed E-state index contributed by atoms with van der Waals surface area (Å²) in [4.78, 5) is 43.7. The van der Waals surface area contributed by atoms with Crippen LogP contribution in [-0.4, -0.2) is 29.6 Å². The predicted octanol–water partition coefficient (Wildman–Crippen LogP) is 4.96. The maximum atomic E-state index is 14.1. The maximum absolute atomic E-state index is 14.1. The van der Waals surface area contributed by atoms with Gasteiger partial charge in [0.15, 0.2) is 11.6 Å². The van der Waals surface area contributed by atoms with Crippen LogP contribution < -0.4 is 10.2 Å². The molecular weight excluding hydrogens is 456 g/mol. The van der Waals surface area contributed by atoms with Crippen molar-refractivity contribution in [2.45, 2.75) is 24.4 Å². The quantitative estimate of drug-likeness (QED) is 0.544. The summed E-state index contributed by atoms with van der Waals surface area (Å²) in [6.07, 6.45) is 3.88. The lowest BCUT2D eigenvalue weighted by molar-refractivity contribution is -0.122. The topological polar surface area (TPSA) is 66.5 Å². The summed E-state index contributed by atoms with van der Waals surface area (Å²) in [6, 6.07) is 15.2. The van der Waals surface area contributed by atoms with Crippen LogP contribution in [-0.2, 0) is 15.0 Å². The van der Waals surface area contributed by atoms with E-state index in [0.29, 0.717) is 15.6 Å².